The van der Waals surface area contributed by atoms with Crippen molar-refractivity contribution in [3.8, 4) is 0 Å². The van der Waals surface area contributed by atoms with E-state index in [4.69, 9.17) is 0 Å². The number of hydrogen-bond acceptors (Lipinski definition) is 1. The Morgan fingerprint density at radius 3 is 2.11 bits per heavy atom. The fourth-order valence-corrected chi connectivity index (χ4v) is 2.83. The van der Waals surface area contributed by atoms with Crippen molar-refractivity contribution in [3.63, 3.8) is 0 Å². The second kappa shape index (κ2) is 4.77. The van der Waals surface area contributed by atoms with Crippen molar-refractivity contribution in [2.75, 3.05) is 0 Å². The van der Waals surface area contributed by atoms with Gasteiger partial charge in [-0.1, -0.05) is 60.7 Å². The van der Waals surface area contributed by atoms with Crippen molar-refractivity contribution in [1.82, 2.24) is 0 Å². The van der Waals surface area contributed by atoms with Gasteiger partial charge in [0.25, 0.3) is 0 Å². The molecule has 0 spiro atoms. The second-order valence-corrected chi connectivity index (χ2v) is 5.01. The lowest BCUT2D eigenvalue weighted by atomic mass is 9.66. The van der Waals surface area contributed by atoms with E-state index in [2.05, 4.69) is 36.4 Å². The Hall–Kier alpha value is -1.89. The molecule has 18 heavy (non-hydrogen) atoms. The van der Waals surface area contributed by atoms with Crippen LogP contribution in [0.3, 0.4) is 0 Å². The monoisotopic (exact) mass is 236 g/mol. The highest BCUT2D eigenvalue weighted by atomic mass is 16.1. The maximum absolute atomic E-state index is 11.8. The van der Waals surface area contributed by atoms with Gasteiger partial charge in [-0.05, 0) is 23.5 Å². The van der Waals surface area contributed by atoms with E-state index in [1.165, 1.54) is 11.1 Å². The lowest BCUT2D eigenvalue weighted by Gasteiger charge is -2.35. The Balaban J connectivity index is 1.77. The SMILES string of the molecule is O=C1C[C@H](Cc2ccccc2)[C@H]1c1ccccc1. The first kappa shape index (κ1) is 11.2. The first-order valence-electron chi connectivity index (χ1n) is 6.46. The van der Waals surface area contributed by atoms with Gasteiger partial charge in [0.05, 0.1) is 0 Å². The minimum atomic E-state index is 0.117. The first-order valence-corrected chi connectivity index (χ1v) is 6.46. The zero-order chi connectivity index (χ0) is 12.4. The summed E-state index contributed by atoms with van der Waals surface area (Å²) in [6.07, 6.45) is 1.74. The van der Waals surface area contributed by atoms with E-state index < -0.39 is 0 Å². The van der Waals surface area contributed by atoms with E-state index >= 15 is 0 Å². The fourth-order valence-electron chi connectivity index (χ4n) is 2.83. The molecule has 1 nitrogen and oxygen atoms in total. The van der Waals surface area contributed by atoms with Crippen LogP contribution in [0.25, 0.3) is 0 Å². The predicted molar refractivity (Wildman–Crippen MR) is 72.4 cm³/mol. The normalized spacial score (nSPS) is 22.6. The summed E-state index contributed by atoms with van der Waals surface area (Å²) in [7, 11) is 0. The van der Waals surface area contributed by atoms with Crippen LogP contribution >= 0.6 is 0 Å². The molecule has 1 heteroatoms. The average Bonchev–Trinajstić information content (AvgIpc) is 2.40. The zero-order valence-electron chi connectivity index (χ0n) is 10.3. The molecule has 3 rings (SSSR count). The number of hydrogen-bond donors (Lipinski definition) is 0. The molecule has 0 N–H and O–H groups in total. The molecule has 0 bridgehead atoms. The van der Waals surface area contributed by atoms with Gasteiger partial charge in [0.15, 0.2) is 0 Å². The Morgan fingerprint density at radius 1 is 0.889 bits per heavy atom. The summed E-state index contributed by atoms with van der Waals surface area (Å²) in [5, 5.41) is 0. The van der Waals surface area contributed by atoms with E-state index in [0.29, 0.717) is 11.7 Å². The van der Waals surface area contributed by atoms with Crippen LogP contribution in [-0.2, 0) is 11.2 Å². The van der Waals surface area contributed by atoms with E-state index in [1.807, 2.05) is 24.3 Å². The Morgan fingerprint density at radius 2 is 1.50 bits per heavy atom. The molecule has 0 aliphatic heterocycles. The molecule has 0 radical (unpaired) electrons. The third-order valence-electron chi connectivity index (χ3n) is 3.78. The maximum Gasteiger partial charge on any atom is 0.140 e. The Kier molecular flexibility index (Phi) is 2.97. The molecule has 0 aromatic heterocycles. The van der Waals surface area contributed by atoms with E-state index in [9.17, 15) is 4.79 Å². The van der Waals surface area contributed by atoms with Crippen molar-refractivity contribution in [1.29, 1.82) is 0 Å². The summed E-state index contributed by atoms with van der Waals surface area (Å²) in [6, 6.07) is 20.6. The van der Waals surface area contributed by atoms with E-state index in [1.54, 1.807) is 0 Å². The van der Waals surface area contributed by atoms with Gasteiger partial charge < -0.3 is 0 Å². The molecule has 1 fully saturated rings. The topological polar surface area (TPSA) is 17.1 Å². The number of carbonyl (C=O) groups is 1. The van der Waals surface area contributed by atoms with Crippen LogP contribution in [0.1, 0.15) is 23.5 Å². The third kappa shape index (κ3) is 2.08. The van der Waals surface area contributed by atoms with Crippen LogP contribution in [0, 0.1) is 5.92 Å². The third-order valence-corrected chi connectivity index (χ3v) is 3.78. The average molecular weight is 236 g/mol. The van der Waals surface area contributed by atoms with Crippen molar-refractivity contribution in [2.45, 2.75) is 18.8 Å². The smallest absolute Gasteiger partial charge is 0.140 e. The number of benzene rings is 2. The van der Waals surface area contributed by atoms with Gasteiger partial charge in [0.1, 0.15) is 5.78 Å². The highest BCUT2D eigenvalue weighted by molar-refractivity contribution is 5.92. The second-order valence-electron chi connectivity index (χ2n) is 5.01. The molecule has 1 aliphatic rings. The summed E-state index contributed by atoms with van der Waals surface area (Å²) in [4.78, 5) is 11.8. The summed E-state index contributed by atoms with van der Waals surface area (Å²) in [5.41, 5.74) is 2.51. The number of ketones is 1. The highest BCUT2D eigenvalue weighted by Crippen LogP contribution is 2.41. The molecule has 0 amide bonds. The van der Waals surface area contributed by atoms with Crippen molar-refractivity contribution >= 4 is 5.78 Å². The molecule has 90 valence electrons. The van der Waals surface area contributed by atoms with Gasteiger partial charge in [0.2, 0.25) is 0 Å². The van der Waals surface area contributed by atoms with Crippen molar-refractivity contribution in [2.24, 2.45) is 5.92 Å². The molecular formula is C17H16O. The summed E-state index contributed by atoms with van der Waals surface area (Å²) in [5.74, 6) is 0.982. The molecular weight excluding hydrogens is 220 g/mol. The standard InChI is InChI=1S/C17H16O/c18-16-12-15(11-13-7-3-1-4-8-13)17(16)14-9-5-2-6-10-14/h1-10,15,17H,11-12H2/t15-,17+/m0/s1. The number of carbonyl (C=O) groups excluding carboxylic acids is 1. The molecule has 0 heterocycles. The fraction of sp³-hybridized carbons (Fsp3) is 0.235. The van der Waals surface area contributed by atoms with Crippen LogP contribution in [-0.4, -0.2) is 5.78 Å². The lowest BCUT2D eigenvalue weighted by molar-refractivity contribution is -0.129. The van der Waals surface area contributed by atoms with Gasteiger partial charge in [-0.25, -0.2) is 0 Å². The minimum Gasteiger partial charge on any atom is -0.299 e. The van der Waals surface area contributed by atoms with Crippen LogP contribution in [0.2, 0.25) is 0 Å². The van der Waals surface area contributed by atoms with Crippen LogP contribution in [0.15, 0.2) is 60.7 Å². The van der Waals surface area contributed by atoms with Gasteiger partial charge in [-0.3, -0.25) is 4.79 Å². The molecule has 1 saturated carbocycles. The summed E-state index contributed by atoms with van der Waals surface area (Å²) < 4.78 is 0. The molecule has 2 aromatic carbocycles. The molecule has 2 atom stereocenters. The first-order chi connectivity index (χ1) is 8.84. The largest absolute Gasteiger partial charge is 0.299 e. The van der Waals surface area contributed by atoms with Crippen molar-refractivity contribution in [3.05, 3.63) is 71.8 Å². The predicted octanol–water partition coefficient (Wildman–Crippen LogP) is 3.60. The van der Waals surface area contributed by atoms with Crippen LogP contribution in [0.5, 0.6) is 0 Å². The van der Waals surface area contributed by atoms with Gasteiger partial charge in [0, 0.05) is 12.3 Å². The Labute approximate surface area is 107 Å². The van der Waals surface area contributed by atoms with E-state index in [0.717, 1.165) is 12.8 Å². The summed E-state index contributed by atoms with van der Waals surface area (Å²) >= 11 is 0. The van der Waals surface area contributed by atoms with E-state index in [-0.39, 0.29) is 5.92 Å². The summed E-state index contributed by atoms with van der Waals surface area (Å²) in [6.45, 7) is 0. The quantitative estimate of drug-likeness (QED) is 0.795. The van der Waals surface area contributed by atoms with Gasteiger partial charge in [-0.2, -0.15) is 0 Å². The molecule has 1 aliphatic carbocycles. The molecule has 2 aromatic rings. The van der Waals surface area contributed by atoms with Crippen LogP contribution < -0.4 is 0 Å². The van der Waals surface area contributed by atoms with Gasteiger partial charge in [-0.15, -0.1) is 0 Å². The molecule has 0 saturated heterocycles. The number of rotatable bonds is 3. The van der Waals surface area contributed by atoms with Gasteiger partial charge >= 0.3 is 0 Å². The zero-order valence-corrected chi connectivity index (χ0v) is 10.3. The highest BCUT2D eigenvalue weighted by Gasteiger charge is 2.40. The Bertz CT molecular complexity index is 530. The van der Waals surface area contributed by atoms with Crippen molar-refractivity contribution < 1.29 is 4.79 Å². The lowest BCUT2D eigenvalue weighted by Crippen LogP contribution is -2.36. The maximum atomic E-state index is 11.8. The van der Waals surface area contributed by atoms with Crippen LogP contribution in [0.4, 0.5) is 0 Å². The minimum absolute atomic E-state index is 0.117. The molecule has 0 unspecified atom stereocenters. The number of Topliss-reactive ketones (excluding diaryl/α,β-unsaturated/α-hetero) is 1.